The molecule has 0 saturated heterocycles. The van der Waals surface area contributed by atoms with E-state index in [1.54, 1.807) is 0 Å². The zero-order valence-corrected chi connectivity index (χ0v) is 14.9. The second-order valence-corrected chi connectivity index (χ2v) is 7.33. The van der Waals surface area contributed by atoms with Gasteiger partial charge in [0.2, 0.25) is 5.17 Å². The van der Waals surface area contributed by atoms with Gasteiger partial charge in [-0.05, 0) is 18.2 Å². The molecule has 0 radical (unpaired) electrons. The standard InChI is InChI=1S/C17H13BrN4OS/c18-11-7-5-10(6-8-11)14(23)9-24-17-20-16-15(21-22-17)12-3-1-2-4-13(12)19-16/h1-8,15-16,19H,9H2/t15-,16-/m1/s1. The Morgan fingerprint density at radius 3 is 2.79 bits per heavy atom. The van der Waals surface area contributed by atoms with Gasteiger partial charge in [-0.3, -0.25) is 4.79 Å². The van der Waals surface area contributed by atoms with Crippen LogP contribution in [0.4, 0.5) is 5.69 Å². The Hall–Kier alpha value is -1.99. The average Bonchev–Trinajstić information content (AvgIpc) is 2.98. The number of anilines is 1. The van der Waals surface area contributed by atoms with Crippen LogP contribution in [0, 0.1) is 0 Å². The second-order valence-electron chi connectivity index (χ2n) is 5.47. The smallest absolute Gasteiger partial charge is 0.206 e. The third kappa shape index (κ3) is 3.01. The second kappa shape index (κ2) is 6.49. The number of para-hydroxylation sites is 1. The molecule has 1 N–H and O–H groups in total. The molecular weight excluding hydrogens is 388 g/mol. The summed E-state index contributed by atoms with van der Waals surface area (Å²) >= 11 is 4.68. The maximum atomic E-state index is 12.2. The summed E-state index contributed by atoms with van der Waals surface area (Å²) in [6.07, 6.45) is -0.134. The highest BCUT2D eigenvalue weighted by Crippen LogP contribution is 2.39. The van der Waals surface area contributed by atoms with Crippen LogP contribution in [0.2, 0.25) is 0 Å². The summed E-state index contributed by atoms with van der Waals surface area (Å²) in [5.41, 5.74) is 2.85. The minimum absolute atomic E-state index is 0.0511. The molecule has 2 atom stereocenters. The topological polar surface area (TPSA) is 66.2 Å². The van der Waals surface area contributed by atoms with E-state index in [9.17, 15) is 4.79 Å². The van der Waals surface area contributed by atoms with E-state index >= 15 is 0 Å². The van der Waals surface area contributed by atoms with Crippen molar-refractivity contribution in [3.8, 4) is 0 Å². The van der Waals surface area contributed by atoms with Crippen LogP contribution in [0.5, 0.6) is 0 Å². The Bertz CT molecular complexity index is 850. The first-order valence-electron chi connectivity index (χ1n) is 7.46. The number of hydrogen-bond acceptors (Lipinski definition) is 6. The minimum atomic E-state index is -0.134. The van der Waals surface area contributed by atoms with Crippen LogP contribution >= 0.6 is 27.7 Å². The number of rotatable bonds is 3. The average molecular weight is 401 g/mol. The number of benzene rings is 2. The van der Waals surface area contributed by atoms with Crippen molar-refractivity contribution in [2.75, 3.05) is 11.1 Å². The molecule has 0 fully saturated rings. The van der Waals surface area contributed by atoms with Gasteiger partial charge >= 0.3 is 0 Å². The lowest BCUT2D eigenvalue weighted by atomic mass is 10.1. The van der Waals surface area contributed by atoms with Crippen LogP contribution in [0.3, 0.4) is 0 Å². The number of carbonyl (C=O) groups is 1. The van der Waals surface area contributed by atoms with E-state index in [4.69, 9.17) is 0 Å². The van der Waals surface area contributed by atoms with Gasteiger partial charge in [0.1, 0.15) is 6.04 Å². The van der Waals surface area contributed by atoms with Crippen molar-refractivity contribution in [1.82, 2.24) is 0 Å². The van der Waals surface area contributed by atoms with Crippen molar-refractivity contribution >= 4 is 44.3 Å². The van der Waals surface area contributed by atoms with E-state index < -0.39 is 0 Å². The highest BCUT2D eigenvalue weighted by molar-refractivity contribution is 9.10. The zero-order valence-electron chi connectivity index (χ0n) is 12.5. The summed E-state index contributed by atoms with van der Waals surface area (Å²) < 4.78 is 0.954. The first-order valence-corrected chi connectivity index (χ1v) is 9.24. The summed E-state index contributed by atoms with van der Waals surface area (Å²) in [5, 5.41) is 12.4. The van der Waals surface area contributed by atoms with Crippen molar-refractivity contribution in [3.05, 3.63) is 64.1 Å². The summed E-state index contributed by atoms with van der Waals surface area (Å²) in [4.78, 5) is 16.8. The lowest BCUT2D eigenvalue weighted by Gasteiger charge is -2.16. The number of nitrogens with one attached hydrogen (secondary N) is 1. The fourth-order valence-corrected chi connectivity index (χ4v) is 3.68. The van der Waals surface area contributed by atoms with Crippen LogP contribution in [-0.4, -0.2) is 22.9 Å². The van der Waals surface area contributed by atoms with Gasteiger partial charge in [-0.1, -0.05) is 58.0 Å². The van der Waals surface area contributed by atoms with Crippen molar-refractivity contribution in [2.24, 2.45) is 15.2 Å². The molecule has 0 unspecified atom stereocenters. The van der Waals surface area contributed by atoms with Gasteiger partial charge in [0.15, 0.2) is 11.9 Å². The SMILES string of the molecule is O=C(CSC1=N[C@H]2Nc3ccccc3[C@H]2N=N1)c1ccc(Br)cc1. The van der Waals surface area contributed by atoms with E-state index in [2.05, 4.69) is 36.5 Å². The molecule has 24 heavy (non-hydrogen) atoms. The van der Waals surface area contributed by atoms with Gasteiger partial charge in [0, 0.05) is 21.3 Å². The summed E-state index contributed by atoms with van der Waals surface area (Å²) in [7, 11) is 0. The number of azo groups is 1. The number of amidine groups is 1. The zero-order chi connectivity index (χ0) is 16.5. The Kier molecular flexibility index (Phi) is 4.20. The van der Waals surface area contributed by atoms with Crippen LogP contribution in [-0.2, 0) is 0 Å². The molecule has 2 aliphatic rings. The number of ketones is 1. The normalized spacial score (nSPS) is 20.8. The van der Waals surface area contributed by atoms with Crippen LogP contribution in [0.1, 0.15) is 22.0 Å². The molecule has 4 rings (SSSR count). The Morgan fingerprint density at radius 1 is 1.17 bits per heavy atom. The molecule has 2 aromatic carbocycles. The van der Waals surface area contributed by atoms with Crippen molar-refractivity contribution in [1.29, 1.82) is 0 Å². The number of aliphatic imine (C=N–C) groups is 1. The van der Waals surface area contributed by atoms with Crippen molar-refractivity contribution in [2.45, 2.75) is 12.2 Å². The number of carbonyl (C=O) groups excluding carboxylic acids is 1. The predicted octanol–water partition coefficient (Wildman–Crippen LogP) is 4.68. The fraction of sp³-hybridized carbons (Fsp3) is 0.176. The molecule has 0 aromatic heterocycles. The number of thioether (sulfide) groups is 1. The molecule has 120 valence electrons. The van der Waals surface area contributed by atoms with Crippen molar-refractivity contribution in [3.63, 3.8) is 0 Å². The van der Waals surface area contributed by atoms with Crippen molar-refractivity contribution < 1.29 is 4.79 Å². The number of nitrogens with zero attached hydrogens (tertiary/aromatic N) is 3. The third-order valence-electron chi connectivity index (χ3n) is 3.90. The van der Waals surface area contributed by atoms with Crippen LogP contribution in [0.15, 0.2) is 68.2 Å². The number of fused-ring (bicyclic) bond motifs is 3. The fourth-order valence-electron chi connectivity index (χ4n) is 2.69. The van der Waals surface area contributed by atoms with Crippen LogP contribution < -0.4 is 5.32 Å². The van der Waals surface area contributed by atoms with Gasteiger partial charge in [-0.25, -0.2) is 4.99 Å². The maximum absolute atomic E-state index is 12.2. The molecule has 0 bridgehead atoms. The van der Waals surface area contributed by atoms with Crippen LogP contribution in [0.25, 0.3) is 0 Å². The highest BCUT2D eigenvalue weighted by atomic mass is 79.9. The molecule has 2 aromatic rings. The van der Waals surface area contributed by atoms with E-state index in [0.717, 1.165) is 15.7 Å². The molecule has 2 aliphatic heterocycles. The van der Waals surface area contributed by atoms with E-state index in [1.807, 2.05) is 48.5 Å². The molecule has 0 aliphatic carbocycles. The summed E-state index contributed by atoms with van der Waals surface area (Å²) in [5.74, 6) is 0.347. The highest BCUT2D eigenvalue weighted by Gasteiger charge is 2.34. The molecular formula is C17H13BrN4OS. The molecule has 0 amide bonds. The summed E-state index contributed by atoms with van der Waals surface area (Å²) in [6, 6.07) is 15.3. The number of hydrogen-bond donors (Lipinski definition) is 1. The predicted molar refractivity (Wildman–Crippen MR) is 99.8 cm³/mol. The maximum Gasteiger partial charge on any atom is 0.206 e. The largest absolute Gasteiger partial charge is 0.361 e. The lowest BCUT2D eigenvalue weighted by molar-refractivity contribution is 0.102. The van der Waals surface area contributed by atoms with Gasteiger partial charge < -0.3 is 5.32 Å². The van der Waals surface area contributed by atoms with Gasteiger partial charge in [0.05, 0.1) is 5.75 Å². The first-order chi connectivity index (χ1) is 11.7. The summed E-state index contributed by atoms with van der Waals surface area (Å²) in [6.45, 7) is 0. The minimum Gasteiger partial charge on any atom is -0.361 e. The first kappa shape index (κ1) is 15.5. The van der Waals surface area contributed by atoms with Gasteiger partial charge in [0.25, 0.3) is 0 Å². The Balaban J connectivity index is 1.42. The molecule has 2 heterocycles. The van der Waals surface area contributed by atoms with E-state index in [1.165, 1.54) is 11.8 Å². The molecule has 0 saturated carbocycles. The molecule has 0 spiro atoms. The lowest BCUT2D eigenvalue weighted by Crippen LogP contribution is -2.21. The van der Waals surface area contributed by atoms with E-state index in [-0.39, 0.29) is 18.0 Å². The Morgan fingerprint density at radius 2 is 1.96 bits per heavy atom. The number of Topliss-reactive ketones (excluding diaryl/α,β-unsaturated/α-hetero) is 1. The van der Waals surface area contributed by atoms with Gasteiger partial charge in [-0.2, -0.15) is 5.11 Å². The molecule has 7 heteroatoms. The quantitative estimate of drug-likeness (QED) is 0.760. The van der Waals surface area contributed by atoms with E-state index in [0.29, 0.717) is 16.5 Å². The third-order valence-corrected chi connectivity index (χ3v) is 5.28. The number of halogens is 1. The van der Waals surface area contributed by atoms with Gasteiger partial charge in [-0.15, -0.1) is 5.11 Å². The monoisotopic (exact) mass is 400 g/mol. The molecule has 5 nitrogen and oxygen atoms in total. The Labute approximate surface area is 151 Å².